The summed E-state index contributed by atoms with van der Waals surface area (Å²) in [6.07, 6.45) is 4.31. The minimum atomic E-state index is 0.205. The summed E-state index contributed by atoms with van der Waals surface area (Å²) < 4.78 is 4.04. The molecule has 2 unspecified atom stereocenters. The molecule has 4 nitrogen and oxygen atoms in total. The van der Waals surface area contributed by atoms with Crippen molar-refractivity contribution >= 4 is 11.5 Å². The molecule has 1 aromatic heterocycles. The fourth-order valence-electron chi connectivity index (χ4n) is 1.71. The van der Waals surface area contributed by atoms with Gasteiger partial charge in [0, 0.05) is 0 Å². The van der Waals surface area contributed by atoms with Gasteiger partial charge in [0.2, 0.25) is 0 Å². The van der Waals surface area contributed by atoms with Crippen LogP contribution in [0.4, 0.5) is 0 Å². The number of nitrogens with zero attached hydrogens (tertiary/aromatic N) is 2. The van der Waals surface area contributed by atoms with Crippen molar-refractivity contribution in [3.63, 3.8) is 0 Å². The van der Waals surface area contributed by atoms with Crippen molar-refractivity contribution in [1.29, 1.82) is 0 Å². The van der Waals surface area contributed by atoms with Crippen LogP contribution in [0.1, 0.15) is 56.6 Å². The van der Waals surface area contributed by atoms with E-state index >= 15 is 0 Å². The average molecular weight is 242 g/mol. The van der Waals surface area contributed by atoms with Crippen LogP contribution >= 0.6 is 11.5 Å². The highest BCUT2D eigenvalue weighted by Crippen LogP contribution is 2.27. The smallest absolute Gasteiger partial charge is 0.0804 e. The quantitative estimate of drug-likeness (QED) is 0.569. The normalized spacial score (nSPS) is 15.0. The van der Waals surface area contributed by atoms with Gasteiger partial charge in [-0.3, -0.25) is 11.3 Å². The molecule has 92 valence electrons. The Morgan fingerprint density at radius 1 is 1.44 bits per heavy atom. The molecule has 0 aliphatic rings. The molecule has 0 aliphatic heterocycles. The summed E-state index contributed by atoms with van der Waals surface area (Å²) in [6.45, 7) is 6.61. The molecule has 1 rings (SSSR count). The zero-order valence-electron chi connectivity index (χ0n) is 10.4. The lowest BCUT2D eigenvalue weighted by Crippen LogP contribution is -2.29. The van der Waals surface area contributed by atoms with E-state index in [1.165, 1.54) is 22.8 Å². The number of nitrogens with two attached hydrogens (primary N) is 1. The molecule has 0 aliphatic carbocycles. The van der Waals surface area contributed by atoms with Crippen LogP contribution in [-0.4, -0.2) is 9.59 Å². The van der Waals surface area contributed by atoms with Gasteiger partial charge < -0.3 is 0 Å². The molecule has 2 atom stereocenters. The Morgan fingerprint density at radius 3 is 2.75 bits per heavy atom. The van der Waals surface area contributed by atoms with Gasteiger partial charge in [-0.05, 0) is 30.3 Å². The van der Waals surface area contributed by atoms with Gasteiger partial charge in [-0.25, -0.2) is 0 Å². The summed E-state index contributed by atoms with van der Waals surface area (Å²) in [5.41, 5.74) is 4.01. The van der Waals surface area contributed by atoms with Gasteiger partial charge in [-0.15, -0.1) is 5.10 Å². The van der Waals surface area contributed by atoms with Gasteiger partial charge in [-0.1, -0.05) is 38.1 Å². The summed E-state index contributed by atoms with van der Waals surface area (Å²) in [7, 11) is 0. The van der Waals surface area contributed by atoms with Crippen molar-refractivity contribution in [3.05, 3.63) is 10.6 Å². The summed E-state index contributed by atoms with van der Waals surface area (Å²) in [5, 5.41) is 4.18. The molecule has 1 heterocycles. The van der Waals surface area contributed by atoms with Crippen molar-refractivity contribution in [3.8, 4) is 0 Å². The topological polar surface area (TPSA) is 63.8 Å². The van der Waals surface area contributed by atoms with Crippen LogP contribution in [0, 0.1) is 5.92 Å². The maximum absolute atomic E-state index is 5.63. The van der Waals surface area contributed by atoms with Crippen LogP contribution in [0.3, 0.4) is 0 Å². The molecule has 0 spiro atoms. The van der Waals surface area contributed by atoms with Gasteiger partial charge >= 0.3 is 0 Å². The van der Waals surface area contributed by atoms with Crippen molar-refractivity contribution < 1.29 is 0 Å². The van der Waals surface area contributed by atoms with Crippen molar-refractivity contribution in [1.82, 2.24) is 15.0 Å². The van der Waals surface area contributed by atoms with E-state index in [1.807, 2.05) is 0 Å². The average Bonchev–Trinajstić information content (AvgIpc) is 2.74. The monoisotopic (exact) mass is 242 g/mol. The summed E-state index contributed by atoms with van der Waals surface area (Å²) >= 11 is 1.47. The molecule has 0 saturated carbocycles. The Labute approximate surface area is 102 Å². The summed E-state index contributed by atoms with van der Waals surface area (Å²) in [4.78, 5) is 1.21. The molecule has 0 aromatic carbocycles. The van der Waals surface area contributed by atoms with Crippen molar-refractivity contribution in [2.45, 2.75) is 52.5 Å². The van der Waals surface area contributed by atoms with Crippen LogP contribution in [-0.2, 0) is 6.42 Å². The van der Waals surface area contributed by atoms with Gasteiger partial charge in [0.05, 0.1) is 16.6 Å². The number of nitrogens with one attached hydrogen (secondary N) is 1. The molecular formula is C11H22N4S. The van der Waals surface area contributed by atoms with Crippen LogP contribution in [0.5, 0.6) is 0 Å². The minimum Gasteiger partial charge on any atom is -0.271 e. The molecule has 0 amide bonds. The van der Waals surface area contributed by atoms with Gasteiger partial charge in [0.15, 0.2) is 0 Å². The highest BCUT2D eigenvalue weighted by atomic mass is 32.1. The molecule has 5 heteroatoms. The lowest BCUT2D eigenvalue weighted by Gasteiger charge is -2.18. The largest absolute Gasteiger partial charge is 0.271 e. The van der Waals surface area contributed by atoms with E-state index in [-0.39, 0.29) is 6.04 Å². The van der Waals surface area contributed by atoms with Gasteiger partial charge in [0.25, 0.3) is 0 Å². The van der Waals surface area contributed by atoms with Crippen molar-refractivity contribution in [2.24, 2.45) is 11.8 Å². The zero-order chi connectivity index (χ0) is 12.0. The molecule has 0 saturated heterocycles. The third-order valence-electron chi connectivity index (χ3n) is 2.92. The third-order valence-corrected chi connectivity index (χ3v) is 3.80. The summed E-state index contributed by atoms with van der Waals surface area (Å²) in [5.74, 6) is 6.30. The predicted molar refractivity (Wildman–Crippen MR) is 68.0 cm³/mol. The minimum absolute atomic E-state index is 0.205. The van der Waals surface area contributed by atoms with Crippen LogP contribution in [0.15, 0.2) is 0 Å². The molecule has 0 bridgehead atoms. The standard InChI is InChI=1S/C11H22N4S/c1-4-6-9-11(16-15-14-9)10(13-12)7-8(3)5-2/h8,10,13H,4-7,12H2,1-3H3. The van der Waals surface area contributed by atoms with Crippen LogP contribution in [0.25, 0.3) is 0 Å². The highest BCUT2D eigenvalue weighted by molar-refractivity contribution is 7.05. The Balaban J connectivity index is 2.73. The van der Waals surface area contributed by atoms with E-state index in [0.717, 1.165) is 25.0 Å². The lowest BCUT2D eigenvalue weighted by atomic mass is 9.97. The second-order valence-corrected chi connectivity index (χ2v) is 5.09. The number of aryl methyl sites for hydroxylation is 1. The first-order valence-electron chi connectivity index (χ1n) is 6.00. The van der Waals surface area contributed by atoms with E-state index in [1.54, 1.807) is 0 Å². The Bertz CT molecular complexity index is 300. The first kappa shape index (κ1) is 13.5. The Kier molecular flexibility index (Phi) is 5.87. The molecule has 3 N–H and O–H groups in total. The van der Waals surface area contributed by atoms with E-state index in [9.17, 15) is 0 Å². The Morgan fingerprint density at radius 2 is 2.19 bits per heavy atom. The first-order chi connectivity index (χ1) is 7.72. The van der Waals surface area contributed by atoms with E-state index in [4.69, 9.17) is 5.84 Å². The predicted octanol–water partition coefficient (Wildman–Crippen LogP) is 2.43. The molecule has 1 aromatic rings. The third kappa shape index (κ3) is 3.50. The van der Waals surface area contributed by atoms with Gasteiger partial charge in [0.1, 0.15) is 0 Å². The lowest BCUT2D eigenvalue weighted by molar-refractivity contribution is 0.410. The van der Waals surface area contributed by atoms with E-state index in [2.05, 4.69) is 35.8 Å². The maximum Gasteiger partial charge on any atom is 0.0804 e. The summed E-state index contributed by atoms with van der Waals surface area (Å²) in [6, 6.07) is 0.205. The molecule has 16 heavy (non-hydrogen) atoms. The Hall–Kier alpha value is -0.520. The fraction of sp³-hybridized carbons (Fsp3) is 0.818. The second kappa shape index (κ2) is 6.93. The maximum atomic E-state index is 5.63. The second-order valence-electron chi connectivity index (χ2n) is 4.30. The van der Waals surface area contributed by atoms with E-state index < -0.39 is 0 Å². The fourth-order valence-corrected chi connectivity index (χ4v) is 2.48. The van der Waals surface area contributed by atoms with Crippen LogP contribution in [0.2, 0.25) is 0 Å². The number of hydrazine groups is 1. The van der Waals surface area contributed by atoms with Crippen molar-refractivity contribution in [2.75, 3.05) is 0 Å². The number of rotatable bonds is 7. The number of hydrogen-bond acceptors (Lipinski definition) is 5. The molecule has 0 radical (unpaired) electrons. The van der Waals surface area contributed by atoms with Gasteiger partial charge in [-0.2, -0.15) is 0 Å². The first-order valence-corrected chi connectivity index (χ1v) is 6.77. The molecular weight excluding hydrogens is 220 g/mol. The zero-order valence-corrected chi connectivity index (χ0v) is 11.2. The van der Waals surface area contributed by atoms with E-state index in [0.29, 0.717) is 5.92 Å². The highest BCUT2D eigenvalue weighted by Gasteiger charge is 2.19. The number of aromatic nitrogens is 2. The number of hydrogen-bond donors (Lipinski definition) is 2. The SMILES string of the molecule is CCCc1nnsc1C(CC(C)CC)NN. The van der Waals surface area contributed by atoms with Crippen LogP contribution < -0.4 is 11.3 Å². The molecule has 0 fully saturated rings.